The lowest BCUT2D eigenvalue weighted by molar-refractivity contribution is 0.340. The molecule has 2 nitrogen and oxygen atoms in total. The largest absolute Gasteiger partial charge is 0.494 e. The minimum atomic E-state index is 0.510. The molecule has 0 aliphatic carbocycles. The Balaban J connectivity index is 2.16. The van der Waals surface area contributed by atoms with Gasteiger partial charge in [0.25, 0.3) is 0 Å². The third kappa shape index (κ3) is 4.33. The van der Waals surface area contributed by atoms with Gasteiger partial charge in [-0.05, 0) is 48.2 Å². The summed E-state index contributed by atoms with van der Waals surface area (Å²) in [6.07, 6.45) is 0. The van der Waals surface area contributed by atoms with Crippen LogP contribution in [0.3, 0.4) is 0 Å². The summed E-state index contributed by atoms with van der Waals surface area (Å²) >= 11 is 0. The Morgan fingerprint density at radius 3 is 2.33 bits per heavy atom. The molecule has 0 unspecified atom stereocenters. The first-order valence-corrected chi connectivity index (χ1v) is 7.66. The fourth-order valence-corrected chi connectivity index (χ4v) is 2.38. The van der Waals surface area contributed by atoms with Crippen LogP contribution < -0.4 is 10.1 Å². The van der Waals surface area contributed by atoms with Crippen LogP contribution in [0.1, 0.15) is 31.9 Å². The average molecular weight is 283 g/mol. The summed E-state index contributed by atoms with van der Waals surface area (Å²) in [6.45, 7) is 10.1. The molecule has 21 heavy (non-hydrogen) atoms. The van der Waals surface area contributed by atoms with Crippen molar-refractivity contribution in [1.29, 1.82) is 0 Å². The van der Waals surface area contributed by atoms with E-state index in [1.54, 1.807) is 0 Å². The van der Waals surface area contributed by atoms with Crippen LogP contribution in [0.15, 0.2) is 42.5 Å². The Labute approximate surface area is 128 Å². The predicted octanol–water partition coefficient (Wildman–Crippen LogP) is 4.56. The van der Waals surface area contributed by atoms with E-state index in [0.29, 0.717) is 12.6 Å². The smallest absolute Gasteiger partial charge is 0.119 e. The van der Waals surface area contributed by atoms with Crippen molar-refractivity contribution in [2.45, 2.75) is 40.3 Å². The molecule has 0 radical (unpaired) electrons. The normalized spacial score (nSPS) is 10.9. The number of benzene rings is 2. The maximum Gasteiger partial charge on any atom is 0.119 e. The molecule has 0 saturated heterocycles. The van der Waals surface area contributed by atoms with E-state index < -0.39 is 0 Å². The van der Waals surface area contributed by atoms with Crippen LogP contribution in [-0.2, 0) is 6.54 Å². The topological polar surface area (TPSA) is 21.3 Å². The van der Waals surface area contributed by atoms with Gasteiger partial charge >= 0.3 is 0 Å². The maximum atomic E-state index is 5.49. The van der Waals surface area contributed by atoms with Gasteiger partial charge in [0.15, 0.2) is 0 Å². The zero-order chi connectivity index (χ0) is 15.2. The van der Waals surface area contributed by atoms with Crippen LogP contribution >= 0.6 is 0 Å². The maximum absolute atomic E-state index is 5.49. The zero-order valence-corrected chi connectivity index (χ0v) is 13.4. The summed E-state index contributed by atoms with van der Waals surface area (Å²) in [5.41, 5.74) is 5.16. The first-order chi connectivity index (χ1) is 10.1. The minimum Gasteiger partial charge on any atom is -0.494 e. The second kappa shape index (κ2) is 7.28. The summed E-state index contributed by atoms with van der Waals surface area (Å²) in [6, 6.07) is 15.5. The van der Waals surface area contributed by atoms with E-state index in [0.717, 1.165) is 12.3 Å². The molecule has 0 atom stereocenters. The molecule has 0 bridgehead atoms. The van der Waals surface area contributed by atoms with Crippen molar-refractivity contribution >= 4 is 0 Å². The molecule has 112 valence electrons. The van der Waals surface area contributed by atoms with Crippen molar-refractivity contribution in [3.05, 3.63) is 53.6 Å². The highest BCUT2D eigenvalue weighted by molar-refractivity contribution is 5.68. The van der Waals surface area contributed by atoms with Crippen LogP contribution in [0.2, 0.25) is 0 Å². The first-order valence-electron chi connectivity index (χ1n) is 7.66. The van der Waals surface area contributed by atoms with E-state index in [4.69, 9.17) is 4.74 Å². The third-order valence-corrected chi connectivity index (χ3v) is 3.48. The van der Waals surface area contributed by atoms with E-state index in [1.165, 1.54) is 22.3 Å². The molecule has 0 fully saturated rings. The van der Waals surface area contributed by atoms with Gasteiger partial charge in [0.1, 0.15) is 5.75 Å². The molecule has 0 saturated carbocycles. The van der Waals surface area contributed by atoms with Gasteiger partial charge in [-0.25, -0.2) is 0 Å². The van der Waals surface area contributed by atoms with Crippen LogP contribution in [0.4, 0.5) is 0 Å². The van der Waals surface area contributed by atoms with E-state index in [2.05, 4.69) is 56.4 Å². The van der Waals surface area contributed by atoms with Crippen LogP contribution in [0.5, 0.6) is 5.75 Å². The standard InChI is InChI=1S/C19H25NO/c1-5-21-18-9-7-17(8-10-18)19-11-6-16(12-15(19)4)13-20-14(2)3/h6-12,14,20H,5,13H2,1-4H3. The summed E-state index contributed by atoms with van der Waals surface area (Å²) in [5, 5.41) is 3.45. The minimum absolute atomic E-state index is 0.510. The van der Waals surface area contributed by atoms with Crippen LogP contribution in [0.25, 0.3) is 11.1 Å². The zero-order valence-electron chi connectivity index (χ0n) is 13.4. The lowest BCUT2D eigenvalue weighted by atomic mass is 9.98. The van der Waals surface area contributed by atoms with Crippen molar-refractivity contribution in [3.8, 4) is 16.9 Å². The molecule has 2 heteroatoms. The monoisotopic (exact) mass is 283 g/mol. The second-order valence-corrected chi connectivity index (χ2v) is 5.64. The Hall–Kier alpha value is -1.80. The van der Waals surface area contributed by atoms with Gasteiger partial charge in [-0.15, -0.1) is 0 Å². The number of ether oxygens (including phenoxy) is 1. The second-order valence-electron chi connectivity index (χ2n) is 5.64. The van der Waals surface area contributed by atoms with E-state index in [9.17, 15) is 0 Å². The lowest BCUT2D eigenvalue weighted by Gasteiger charge is -2.12. The molecular weight excluding hydrogens is 258 g/mol. The van der Waals surface area contributed by atoms with Gasteiger partial charge in [-0.3, -0.25) is 0 Å². The van der Waals surface area contributed by atoms with Gasteiger partial charge in [0.2, 0.25) is 0 Å². The van der Waals surface area contributed by atoms with Crippen molar-refractivity contribution in [1.82, 2.24) is 5.32 Å². The molecular formula is C19H25NO. The Kier molecular flexibility index (Phi) is 5.40. The van der Waals surface area contributed by atoms with Gasteiger partial charge in [0, 0.05) is 12.6 Å². The number of hydrogen-bond donors (Lipinski definition) is 1. The summed E-state index contributed by atoms with van der Waals surface area (Å²) in [5.74, 6) is 0.927. The molecule has 2 aromatic carbocycles. The third-order valence-electron chi connectivity index (χ3n) is 3.48. The molecule has 2 aromatic rings. The number of rotatable bonds is 6. The highest BCUT2D eigenvalue weighted by Gasteiger charge is 2.04. The quantitative estimate of drug-likeness (QED) is 0.839. The Morgan fingerprint density at radius 2 is 1.76 bits per heavy atom. The lowest BCUT2D eigenvalue weighted by Crippen LogP contribution is -2.21. The molecule has 2 rings (SSSR count). The molecule has 0 aliphatic rings. The highest BCUT2D eigenvalue weighted by Crippen LogP contribution is 2.26. The van der Waals surface area contributed by atoms with E-state index in [1.807, 2.05) is 19.1 Å². The van der Waals surface area contributed by atoms with Gasteiger partial charge in [0.05, 0.1) is 6.61 Å². The predicted molar refractivity (Wildman–Crippen MR) is 89.8 cm³/mol. The van der Waals surface area contributed by atoms with Crippen LogP contribution in [0, 0.1) is 6.92 Å². The molecule has 0 spiro atoms. The van der Waals surface area contributed by atoms with Crippen molar-refractivity contribution in [2.75, 3.05) is 6.61 Å². The number of nitrogens with one attached hydrogen (secondary N) is 1. The summed E-state index contributed by atoms with van der Waals surface area (Å²) < 4.78 is 5.49. The number of aryl methyl sites for hydroxylation is 1. The van der Waals surface area contributed by atoms with Crippen molar-refractivity contribution in [3.63, 3.8) is 0 Å². The SMILES string of the molecule is CCOc1ccc(-c2ccc(CNC(C)C)cc2C)cc1. The molecule has 0 amide bonds. The Morgan fingerprint density at radius 1 is 1.05 bits per heavy atom. The molecule has 0 aromatic heterocycles. The average Bonchev–Trinajstić information content (AvgIpc) is 2.47. The fraction of sp³-hybridized carbons (Fsp3) is 0.368. The van der Waals surface area contributed by atoms with E-state index >= 15 is 0 Å². The number of hydrogen-bond acceptors (Lipinski definition) is 2. The van der Waals surface area contributed by atoms with Gasteiger partial charge in [-0.1, -0.05) is 44.2 Å². The van der Waals surface area contributed by atoms with Crippen molar-refractivity contribution < 1.29 is 4.74 Å². The van der Waals surface area contributed by atoms with Crippen LogP contribution in [-0.4, -0.2) is 12.6 Å². The van der Waals surface area contributed by atoms with E-state index in [-0.39, 0.29) is 0 Å². The fourth-order valence-electron chi connectivity index (χ4n) is 2.38. The summed E-state index contributed by atoms with van der Waals surface area (Å²) in [4.78, 5) is 0. The Bertz CT molecular complexity index is 573. The first kappa shape index (κ1) is 15.6. The molecule has 0 aliphatic heterocycles. The summed E-state index contributed by atoms with van der Waals surface area (Å²) in [7, 11) is 0. The van der Waals surface area contributed by atoms with Crippen molar-refractivity contribution in [2.24, 2.45) is 0 Å². The van der Waals surface area contributed by atoms with Gasteiger partial charge < -0.3 is 10.1 Å². The molecule has 1 N–H and O–H groups in total. The molecule has 0 heterocycles. The highest BCUT2D eigenvalue weighted by atomic mass is 16.5. The van der Waals surface area contributed by atoms with Gasteiger partial charge in [-0.2, -0.15) is 0 Å².